The van der Waals surface area contributed by atoms with E-state index in [2.05, 4.69) is 6.58 Å². The molecule has 0 aliphatic heterocycles. The SMILES string of the molecule is C=C(COC)c1ccc([N+](=O)[O-])cc1C. The molecule has 0 bridgehead atoms. The summed E-state index contributed by atoms with van der Waals surface area (Å²) in [5.74, 6) is 0. The van der Waals surface area contributed by atoms with Crippen LogP contribution >= 0.6 is 0 Å². The van der Waals surface area contributed by atoms with Gasteiger partial charge >= 0.3 is 0 Å². The van der Waals surface area contributed by atoms with Crippen LogP contribution in [0.4, 0.5) is 5.69 Å². The number of non-ortho nitro benzene ring substituents is 1. The highest BCUT2D eigenvalue weighted by Gasteiger charge is 2.09. The fraction of sp³-hybridized carbons (Fsp3) is 0.273. The zero-order chi connectivity index (χ0) is 11.4. The van der Waals surface area contributed by atoms with Crippen LogP contribution in [0.5, 0.6) is 0 Å². The third-order valence-electron chi connectivity index (χ3n) is 2.12. The van der Waals surface area contributed by atoms with Gasteiger partial charge in [-0.3, -0.25) is 10.1 Å². The molecule has 0 amide bonds. The Morgan fingerprint density at radius 2 is 2.27 bits per heavy atom. The van der Waals surface area contributed by atoms with Gasteiger partial charge in [-0.25, -0.2) is 0 Å². The van der Waals surface area contributed by atoms with Crippen molar-refractivity contribution in [1.29, 1.82) is 0 Å². The summed E-state index contributed by atoms with van der Waals surface area (Å²) in [4.78, 5) is 10.1. The summed E-state index contributed by atoms with van der Waals surface area (Å²) in [5, 5.41) is 10.5. The fourth-order valence-corrected chi connectivity index (χ4v) is 1.41. The van der Waals surface area contributed by atoms with Crippen molar-refractivity contribution in [2.24, 2.45) is 0 Å². The fourth-order valence-electron chi connectivity index (χ4n) is 1.41. The average molecular weight is 207 g/mol. The van der Waals surface area contributed by atoms with E-state index in [0.29, 0.717) is 6.61 Å². The van der Waals surface area contributed by atoms with E-state index in [0.717, 1.165) is 16.7 Å². The summed E-state index contributed by atoms with van der Waals surface area (Å²) >= 11 is 0. The van der Waals surface area contributed by atoms with Gasteiger partial charge in [-0.1, -0.05) is 6.58 Å². The van der Waals surface area contributed by atoms with Crippen LogP contribution in [0.15, 0.2) is 24.8 Å². The van der Waals surface area contributed by atoms with E-state index in [4.69, 9.17) is 4.74 Å². The maximum atomic E-state index is 10.5. The van der Waals surface area contributed by atoms with Crippen molar-refractivity contribution in [2.45, 2.75) is 6.92 Å². The summed E-state index contributed by atoms with van der Waals surface area (Å²) in [5.41, 5.74) is 2.67. The van der Waals surface area contributed by atoms with E-state index in [1.807, 2.05) is 6.92 Å². The molecule has 0 spiro atoms. The second-order valence-electron chi connectivity index (χ2n) is 3.29. The highest BCUT2D eigenvalue weighted by molar-refractivity contribution is 5.68. The molecular weight excluding hydrogens is 194 g/mol. The van der Waals surface area contributed by atoms with Crippen molar-refractivity contribution in [3.05, 3.63) is 46.0 Å². The summed E-state index contributed by atoms with van der Waals surface area (Å²) in [6, 6.07) is 4.72. The van der Waals surface area contributed by atoms with Crippen molar-refractivity contribution in [3.8, 4) is 0 Å². The molecule has 1 aromatic carbocycles. The molecule has 1 aromatic rings. The number of hydrogen-bond donors (Lipinski definition) is 0. The molecule has 0 heterocycles. The zero-order valence-corrected chi connectivity index (χ0v) is 8.82. The Kier molecular flexibility index (Phi) is 3.57. The summed E-state index contributed by atoms with van der Waals surface area (Å²) in [7, 11) is 1.59. The number of nitro benzene ring substituents is 1. The summed E-state index contributed by atoms with van der Waals surface area (Å²) < 4.78 is 4.96. The van der Waals surface area contributed by atoms with Gasteiger partial charge < -0.3 is 4.74 Å². The number of methoxy groups -OCH3 is 1. The Morgan fingerprint density at radius 1 is 1.60 bits per heavy atom. The maximum Gasteiger partial charge on any atom is 0.269 e. The topological polar surface area (TPSA) is 52.4 Å². The van der Waals surface area contributed by atoms with Crippen molar-refractivity contribution in [2.75, 3.05) is 13.7 Å². The van der Waals surface area contributed by atoms with Gasteiger partial charge in [-0.05, 0) is 29.7 Å². The van der Waals surface area contributed by atoms with Crippen molar-refractivity contribution >= 4 is 11.3 Å². The lowest BCUT2D eigenvalue weighted by Crippen LogP contribution is -1.96. The Balaban J connectivity index is 3.03. The van der Waals surface area contributed by atoms with Crippen LogP contribution in [-0.4, -0.2) is 18.6 Å². The molecule has 80 valence electrons. The molecule has 0 aromatic heterocycles. The summed E-state index contributed by atoms with van der Waals surface area (Å²) in [6.45, 7) is 6.11. The third-order valence-corrected chi connectivity index (χ3v) is 2.12. The highest BCUT2D eigenvalue weighted by atomic mass is 16.6. The van der Waals surface area contributed by atoms with Crippen LogP contribution in [0.1, 0.15) is 11.1 Å². The lowest BCUT2D eigenvalue weighted by molar-refractivity contribution is -0.384. The van der Waals surface area contributed by atoms with Crippen molar-refractivity contribution in [1.82, 2.24) is 0 Å². The predicted molar refractivity (Wildman–Crippen MR) is 58.7 cm³/mol. The number of rotatable bonds is 4. The van der Waals surface area contributed by atoms with Gasteiger partial charge in [-0.2, -0.15) is 0 Å². The van der Waals surface area contributed by atoms with Crippen LogP contribution < -0.4 is 0 Å². The van der Waals surface area contributed by atoms with Gasteiger partial charge in [0.2, 0.25) is 0 Å². The number of benzene rings is 1. The van der Waals surface area contributed by atoms with Crippen LogP contribution in [0.2, 0.25) is 0 Å². The molecule has 0 saturated carbocycles. The van der Waals surface area contributed by atoms with Crippen LogP contribution in [0, 0.1) is 17.0 Å². The minimum absolute atomic E-state index is 0.0986. The smallest absolute Gasteiger partial charge is 0.269 e. The monoisotopic (exact) mass is 207 g/mol. The van der Waals surface area contributed by atoms with E-state index < -0.39 is 4.92 Å². The third kappa shape index (κ3) is 2.63. The van der Waals surface area contributed by atoms with E-state index in [9.17, 15) is 10.1 Å². The largest absolute Gasteiger partial charge is 0.380 e. The molecule has 15 heavy (non-hydrogen) atoms. The Hall–Kier alpha value is -1.68. The van der Waals surface area contributed by atoms with Gasteiger partial charge in [0.05, 0.1) is 11.5 Å². The zero-order valence-electron chi connectivity index (χ0n) is 8.82. The second kappa shape index (κ2) is 4.70. The lowest BCUT2D eigenvalue weighted by atomic mass is 10.0. The first-order chi connectivity index (χ1) is 7.06. The van der Waals surface area contributed by atoms with Gasteiger partial charge in [0.15, 0.2) is 0 Å². The molecule has 0 atom stereocenters. The standard InChI is InChI=1S/C11H13NO3/c1-8-6-10(12(13)14)4-5-11(8)9(2)7-15-3/h4-6H,2,7H2,1,3H3. The molecule has 0 radical (unpaired) electrons. The molecule has 4 nitrogen and oxygen atoms in total. The van der Waals surface area contributed by atoms with Crippen molar-refractivity contribution in [3.63, 3.8) is 0 Å². The molecule has 0 fully saturated rings. The molecule has 1 rings (SSSR count). The molecule has 0 N–H and O–H groups in total. The van der Waals surface area contributed by atoms with E-state index in [1.54, 1.807) is 13.2 Å². The van der Waals surface area contributed by atoms with Gasteiger partial charge in [0.1, 0.15) is 0 Å². The van der Waals surface area contributed by atoms with Gasteiger partial charge in [0, 0.05) is 19.2 Å². The minimum Gasteiger partial charge on any atom is -0.380 e. The molecule has 4 heteroatoms. The highest BCUT2D eigenvalue weighted by Crippen LogP contribution is 2.22. The van der Waals surface area contributed by atoms with E-state index >= 15 is 0 Å². The van der Waals surface area contributed by atoms with Gasteiger partial charge in [-0.15, -0.1) is 0 Å². The number of nitro groups is 1. The first-order valence-electron chi connectivity index (χ1n) is 4.48. The second-order valence-corrected chi connectivity index (χ2v) is 3.29. The average Bonchev–Trinajstić information content (AvgIpc) is 2.17. The van der Waals surface area contributed by atoms with E-state index in [-0.39, 0.29) is 5.69 Å². The van der Waals surface area contributed by atoms with Crippen LogP contribution in [0.25, 0.3) is 5.57 Å². The normalized spacial score (nSPS) is 10.0. The minimum atomic E-state index is -0.407. The quantitative estimate of drug-likeness (QED) is 0.563. The predicted octanol–water partition coefficient (Wildman–Crippen LogP) is 2.56. The molecule has 0 aliphatic rings. The maximum absolute atomic E-state index is 10.5. The van der Waals surface area contributed by atoms with Crippen molar-refractivity contribution < 1.29 is 9.66 Å². The number of ether oxygens (including phenoxy) is 1. The lowest BCUT2D eigenvalue weighted by Gasteiger charge is -2.07. The molecular formula is C11H13NO3. The van der Waals surface area contributed by atoms with Gasteiger partial charge in [0.25, 0.3) is 5.69 Å². The Labute approximate surface area is 88.3 Å². The Morgan fingerprint density at radius 3 is 2.73 bits per heavy atom. The first-order valence-corrected chi connectivity index (χ1v) is 4.48. The Bertz CT molecular complexity index is 399. The number of aryl methyl sites for hydroxylation is 1. The van der Waals surface area contributed by atoms with Crippen LogP contribution in [-0.2, 0) is 4.74 Å². The summed E-state index contributed by atoms with van der Waals surface area (Å²) in [6.07, 6.45) is 0. The molecule has 0 saturated heterocycles. The molecule has 0 aliphatic carbocycles. The molecule has 0 unspecified atom stereocenters. The number of hydrogen-bond acceptors (Lipinski definition) is 3. The first kappa shape index (κ1) is 11.4. The van der Waals surface area contributed by atoms with Crippen LogP contribution in [0.3, 0.4) is 0 Å². The number of nitrogens with zero attached hydrogens (tertiary/aromatic N) is 1. The van der Waals surface area contributed by atoms with E-state index in [1.165, 1.54) is 12.1 Å².